The van der Waals surface area contributed by atoms with Crippen molar-refractivity contribution in [1.82, 2.24) is 5.32 Å². The maximum Gasteiger partial charge on any atom is 0.261 e. The van der Waals surface area contributed by atoms with Crippen LogP contribution in [0, 0.1) is 11.3 Å². The van der Waals surface area contributed by atoms with E-state index in [1.54, 1.807) is 6.92 Å². The summed E-state index contributed by atoms with van der Waals surface area (Å²) in [5, 5.41) is 11.3. The largest absolute Gasteiger partial charge is 0.347 e. The maximum absolute atomic E-state index is 11.4. The first-order valence-electron chi connectivity index (χ1n) is 5.66. The smallest absolute Gasteiger partial charge is 0.261 e. The molecule has 3 nitrogen and oxygen atoms in total. The molecular weight excluding hydrogens is 212 g/mol. The molecule has 0 heterocycles. The fourth-order valence-electron chi connectivity index (χ4n) is 1.12. The van der Waals surface area contributed by atoms with Crippen LogP contribution in [0.4, 0.5) is 0 Å². The normalized spacial score (nSPS) is 9.65. The van der Waals surface area contributed by atoms with E-state index in [4.69, 9.17) is 5.26 Å². The predicted molar refractivity (Wildman–Crippen MR) is 69.0 cm³/mol. The third kappa shape index (κ3) is 5.53. The molecule has 1 aromatic carbocycles. The van der Waals surface area contributed by atoms with Crippen LogP contribution < -0.4 is 5.32 Å². The van der Waals surface area contributed by atoms with Crippen molar-refractivity contribution in [3.05, 3.63) is 47.5 Å². The van der Waals surface area contributed by atoms with Crippen LogP contribution in [0.1, 0.15) is 26.3 Å². The first-order valence-corrected chi connectivity index (χ1v) is 5.66. The summed E-state index contributed by atoms with van der Waals surface area (Å²) in [5.41, 5.74) is 1.16. The molecule has 0 fully saturated rings. The van der Waals surface area contributed by atoms with Gasteiger partial charge < -0.3 is 5.32 Å². The molecule has 0 aromatic heterocycles. The van der Waals surface area contributed by atoms with E-state index < -0.39 is 0 Å². The number of carbonyl (C=O) groups is 1. The van der Waals surface area contributed by atoms with Crippen LogP contribution in [-0.2, 0) is 11.3 Å². The van der Waals surface area contributed by atoms with Gasteiger partial charge in [0.15, 0.2) is 0 Å². The van der Waals surface area contributed by atoms with E-state index in [2.05, 4.69) is 5.32 Å². The summed E-state index contributed by atoms with van der Waals surface area (Å²) < 4.78 is 0. The molecule has 0 aliphatic rings. The van der Waals surface area contributed by atoms with Crippen LogP contribution in [0.3, 0.4) is 0 Å². The number of hydrogen-bond acceptors (Lipinski definition) is 2. The molecule has 1 aromatic rings. The van der Waals surface area contributed by atoms with Crippen LogP contribution in [0.5, 0.6) is 0 Å². The van der Waals surface area contributed by atoms with E-state index in [9.17, 15) is 4.79 Å². The van der Waals surface area contributed by atoms with Crippen molar-refractivity contribution >= 4 is 5.91 Å². The van der Waals surface area contributed by atoms with Crippen LogP contribution in [0.2, 0.25) is 0 Å². The molecule has 0 aliphatic heterocycles. The first kappa shape index (κ1) is 14.9. The molecule has 1 rings (SSSR count). The van der Waals surface area contributed by atoms with E-state index in [-0.39, 0.29) is 11.5 Å². The molecular formula is C14H18N2O. The Bertz CT molecular complexity index is 402. The predicted octanol–water partition coefficient (Wildman–Crippen LogP) is 2.80. The number of allylic oxidation sites excluding steroid dienone is 1. The lowest BCUT2D eigenvalue weighted by Gasteiger charge is -2.03. The minimum Gasteiger partial charge on any atom is -0.347 e. The molecule has 3 heteroatoms. The average Bonchev–Trinajstić information content (AvgIpc) is 2.41. The number of benzene rings is 1. The average molecular weight is 230 g/mol. The van der Waals surface area contributed by atoms with Gasteiger partial charge in [0.2, 0.25) is 0 Å². The summed E-state index contributed by atoms with van der Waals surface area (Å²) >= 11 is 0. The molecule has 0 radical (unpaired) electrons. The van der Waals surface area contributed by atoms with Gasteiger partial charge in [-0.25, -0.2) is 0 Å². The highest BCUT2D eigenvalue weighted by Crippen LogP contribution is 1.98. The lowest BCUT2D eigenvalue weighted by atomic mass is 10.2. The van der Waals surface area contributed by atoms with Crippen molar-refractivity contribution in [2.75, 3.05) is 0 Å². The third-order valence-corrected chi connectivity index (χ3v) is 1.95. The number of nitrogens with one attached hydrogen (secondary N) is 1. The number of amides is 1. The Kier molecular flexibility index (Phi) is 8.05. The van der Waals surface area contributed by atoms with Gasteiger partial charge in [0.1, 0.15) is 11.6 Å². The van der Waals surface area contributed by atoms with Crippen molar-refractivity contribution in [2.45, 2.75) is 27.3 Å². The van der Waals surface area contributed by atoms with Crippen molar-refractivity contribution in [3.63, 3.8) is 0 Å². The zero-order valence-electron chi connectivity index (χ0n) is 10.5. The van der Waals surface area contributed by atoms with Crippen LogP contribution in [0.25, 0.3) is 0 Å². The Morgan fingerprint density at radius 3 is 2.41 bits per heavy atom. The van der Waals surface area contributed by atoms with Crippen molar-refractivity contribution in [2.24, 2.45) is 0 Å². The van der Waals surface area contributed by atoms with Gasteiger partial charge in [-0.3, -0.25) is 4.79 Å². The van der Waals surface area contributed by atoms with Gasteiger partial charge in [-0.15, -0.1) is 0 Å². The van der Waals surface area contributed by atoms with Crippen LogP contribution in [0.15, 0.2) is 42.0 Å². The van der Waals surface area contributed by atoms with Gasteiger partial charge >= 0.3 is 0 Å². The molecule has 1 N–H and O–H groups in total. The van der Waals surface area contributed by atoms with Crippen molar-refractivity contribution in [3.8, 4) is 6.07 Å². The number of carbonyl (C=O) groups excluding carboxylic acids is 1. The Hall–Kier alpha value is -2.08. The monoisotopic (exact) mass is 230 g/mol. The second-order valence-corrected chi connectivity index (χ2v) is 2.98. The maximum atomic E-state index is 11.4. The van der Waals surface area contributed by atoms with Gasteiger partial charge in [0.05, 0.1) is 0 Å². The number of nitrogens with zero attached hydrogens (tertiary/aromatic N) is 1. The quantitative estimate of drug-likeness (QED) is 0.641. The zero-order chi connectivity index (χ0) is 13.1. The van der Waals surface area contributed by atoms with Gasteiger partial charge in [0.25, 0.3) is 5.91 Å². The second-order valence-electron chi connectivity index (χ2n) is 2.98. The van der Waals surface area contributed by atoms with Gasteiger partial charge in [-0.05, 0) is 12.5 Å². The number of rotatable bonds is 3. The molecule has 0 saturated heterocycles. The molecule has 1 amide bonds. The second kappa shape index (κ2) is 9.17. The minimum atomic E-state index is -0.330. The topological polar surface area (TPSA) is 52.9 Å². The fraction of sp³-hybridized carbons (Fsp3) is 0.286. The molecule has 17 heavy (non-hydrogen) atoms. The number of nitriles is 1. The lowest BCUT2D eigenvalue weighted by Crippen LogP contribution is -2.23. The molecule has 0 bridgehead atoms. The van der Waals surface area contributed by atoms with Crippen molar-refractivity contribution < 1.29 is 4.79 Å². The summed E-state index contributed by atoms with van der Waals surface area (Å²) in [6.07, 6.45) is 1.50. The van der Waals surface area contributed by atoms with E-state index in [0.29, 0.717) is 6.54 Å². The van der Waals surface area contributed by atoms with E-state index >= 15 is 0 Å². The van der Waals surface area contributed by atoms with Crippen molar-refractivity contribution in [1.29, 1.82) is 5.26 Å². The minimum absolute atomic E-state index is 0.144. The molecule has 0 unspecified atom stereocenters. The van der Waals surface area contributed by atoms with E-state index in [1.807, 2.05) is 50.2 Å². The van der Waals surface area contributed by atoms with Gasteiger partial charge in [-0.2, -0.15) is 5.26 Å². The van der Waals surface area contributed by atoms with Crippen LogP contribution >= 0.6 is 0 Å². The number of hydrogen-bond donors (Lipinski definition) is 1. The summed E-state index contributed by atoms with van der Waals surface area (Å²) in [6, 6.07) is 11.4. The standard InChI is InChI=1S/C12H12N2O.C2H6/c1-2-11(8-13)12(15)14-9-10-6-4-3-5-7-10;1-2/h2-7H,9H2,1H3,(H,14,15);1-2H3/b11-2-;. The molecule has 0 spiro atoms. The summed E-state index contributed by atoms with van der Waals surface area (Å²) in [6.45, 7) is 6.11. The first-order chi connectivity index (χ1) is 8.27. The lowest BCUT2D eigenvalue weighted by molar-refractivity contribution is -0.117. The van der Waals surface area contributed by atoms with Gasteiger partial charge in [0, 0.05) is 6.54 Å². The van der Waals surface area contributed by atoms with E-state index in [1.165, 1.54) is 6.08 Å². The summed E-state index contributed by atoms with van der Waals surface area (Å²) in [4.78, 5) is 11.4. The SMILES string of the molecule is C/C=C(/C#N)C(=O)NCc1ccccc1.CC. The molecule has 0 atom stereocenters. The fourth-order valence-corrected chi connectivity index (χ4v) is 1.12. The highest BCUT2D eigenvalue weighted by molar-refractivity contribution is 5.97. The Balaban J connectivity index is 0.00000121. The molecule has 0 aliphatic carbocycles. The molecule has 0 saturated carbocycles. The summed E-state index contributed by atoms with van der Waals surface area (Å²) in [7, 11) is 0. The summed E-state index contributed by atoms with van der Waals surface area (Å²) in [5.74, 6) is -0.330. The van der Waals surface area contributed by atoms with Crippen LogP contribution in [-0.4, -0.2) is 5.91 Å². The van der Waals surface area contributed by atoms with E-state index in [0.717, 1.165) is 5.56 Å². The molecule has 90 valence electrons. The Labute approximate surface area is 103 Å². The highest BCUT2D eigenvalue weighted by atomic mass is 16.1. The Morgan fingerprint density at radius 1 is 1.35 bits per heavy atom. The Morgan fingerprint density at radius 2 is 1.94 bits per heavy atom. The third-order valence-electron chi connectivity index (χ3n) is 1.95. The van der Waals surface area contributed by atoms with Gasteiger partial charge in [-0.1, -0.05) is 50.3 Å². The highest BCUT2D eigenvalue weighted by Gasteiger charge is 2.05. The zero-order valence-corrected chi connectivity index (χ0v) is 10.5.